The zero-order chi connectivity index (χ0) is 11.2. The van der Waals surface area contributed by atoms with Crippen LogP contribution in [0.5, 0.6) is 0 Å². The highest BCUT2D eigenvalue weighted by Gasteiger charge is 2.17. The van der Waals surface area contributed by atoms with Gasteiger partial charge in [0.05, 0.1) is 19.8 Å². The van der Waals surface area contributed by atoms with Crippen LogP contribution in [0.15, 0.2) is 24.3 Å². The number of hydrogen-bond donors (Lipinski definition) is 1. The average Bonchev–Trinajstić information content (AvgIpc) is 2.83. The molecule has 1 aliphatic rings. The summed E-state index contributed by atoms with van der Waals surface area (Å²) in [5, 5.41) is 8.63. The van der Waals surface area contributed by atoms with Crippen molar-refractivity contribution in [3.05, 3.63) is 35.4 Å². The third kappa shape index (κ3) is 2.83. The van der Waals surface area contributed by atoms with E-state index in [0.717, 1.165) is 11.1 Å². The Hall–Kier alpha value is -1.34. The quantitative estimate of drug-likeness (QED) is 0.764. The number of aliphatic hydroxyl groups excluding tert-OH is 1. The van der Waals surface area contributed by atoms with Crippen molar-refractivity contribution in [2.45, 2.75) is 12.7 Å². The highest BCUT2D eigenvalue weighted by Crippen LogP contribution is 2.23. The minimum Gasteiger partial charge on any atom is -0.395 e. The van der Waals surface area contributed by atoms with Crippen LogP contribution in [0.2, 0.25) is 0 Å². The van der Waals surface area contributed by atoms with Crippen LogP contribution < -0.4 is 0 Å². The first-order chi connectivity index (χ1) is 7.90. The molecule has 0 spiro atoms. The first-order valence-electron chi connectivity index (χ1n) is 5.33. The summed E-state index contributed by atoms with van der Waals surface area (Å²) >= 11 is 0. The Balaban J connectivity index is 2.10. The molecule has 0 amide bonds. The molecule has 2 rings (SSSR count). The van der Waals surface area contributed by atoms with Gasteiger partial charge in [0.15, 0.2) is 6.29 Å². The molecular formula is C13H14O3. The molecule has 3 heteroatoms. The van der Waals surface area contributed by atoms with Crippen LogP contribution in [0.25, 0.3) is 0 Å². The molecule has 1 fully saturated rings. The van der Waals surface area contributed by atoms with Crippen molar-refractivity contribution in [3.8, 4) is 11.8 Å². The maximum Gasteiger partial charge on any atom is 0.184 e. The molecular weight excluding hydrogens is 204 g/mol. The molecule has 0 saturated carbocycles. The summed E-state index contributed by atoms with van der Waals surface area (Å²) in [5.74, 6) is 5.88. The third-order valence-corrected chi connectivity index (χ3v) is 2.25. The lowest BCUT2D eigenvalue weighted by Crippen LogP contribution is -1.97. The van der Waals surface area contributed by atoms with E-state index >= 15 is 0 Å². The number of ether oxygens (including phenoxy) is 2. The van der Waals surface area contributed by atoms with Crippen molar-refractivity contribution in [2.24, 2.45) is 0 Å². The third-order valence-electron chi connectivity index (χ3n) is 2.25. The molecule has 0 bridgehead atoms. The van der Waals surface area contributed by atoms with Gasteiger partial charge >= 0.3 is 0 Å². The van der Waals surface area contributed by atoms with Crippen LogP contribution in [0.1, 0.15) is 23.8 Å². The van der Waals surface area contributed by atoms with E-state index in [9.17, 15) is 0 Å². The van der Waals surface area contributed by atoms with Crippen molar-refractivity contribution in [3.63, 3.8) is 0 Å². The fourth-order valence-electron chi connectivity index (χ4n) is 1.53. The maximum atomic E-state index is 8.63. The highest BCUT2D eigenvalue weighted by atomic mass is 16.7. The lowest BCUT2D eigenvalue weighted by molar-refractivity contribution is -0.0441. The molecule has 1 N–H and O–H groups in total. The van der Waals surface area contributed by atoms with Crippen LogP contribution in [0.3, 0.4) is 0 Å². The van der Waals surface area contributed by atoms with Gasteiger partial charge in [-0.3, -0.25) is 0 Å². The predicted octanol–water partition coefficient (Wildman–Crippen LogP) is 1.47. The Morgan fingerprint density at radius 2 is 2.12 bits per heavy atom. The van der Waals surface area contributed by atoms with Crippen LogP contribution in [0, 0.1) is 11.8 Å². The van der Waals surface area contributed by atoms with Gasteiger partial charge in [0.1, 0.15) is 0 Å². The molecule has 0 radical (unpaired) electrons. The standard InChI is InChI=1S/C13H14O3/c14-7-2-1-4-11-5-3-6-12(10-11)13-15-8-9-16-13/h3,5-6,10,13-14H,2,7-9H2. The second-order valence-corrected chi connectivity index (χ2v) is 3.47. The van der Waals surface area contributed by atoms with E-state index in [2.05, 4.69) is 11.8 Å². The van der Waals surface area contributed by atoms with Gasteiger partial charge in [0, 0.05) is 17.5 Å². The average molecular weight is 218 g/mol. The molecule has 0 atom stereocenters. The van der Waals surface area contributed by atoms with Crippen molar-refractivity contribution in [1.82, 2.24) is 0 Å². The largest absolute Gasteiger partial charge is 0.395 e. The maximum absolute atomic E-state index is 8.63. The summed E-state index contributed by atoms with van der Waals surface area (Å²) in [7, 11) is 0. The summed E-state index contributed by atoms with van der Waals surface area (Å²) in [5.41, 5.74) is 1.92. The molecule has 0 unspecified atom stereocenters. The molecule has 1 saturated heterocycles. The number of rotatable bonds is 2. The molecule has 1 aliphatic heterocycles. The second kappa shape index (κ2) is 5.66. The van der Waals surface area contributed by atoms with E-state index in [1.54, 1.807) is 0 Å². The van der Waals surface area contributed by atoms with Crippen molar-refractivity contribution in [2.75, 3.05) is 19.8 Å². The minimum absolute atomic E-state index is 0.0987. The predicted molar refractivity (Wildman–Crippen MR) is 59.7 cm³/mol. The second-order valence-electron chi connectivity index (χ2n) is 3.47. The SMILES string of the molecule is OCCC#Cc1cccc(C2OCCO2)c1. The molecule has 0 aromatic heterocycles. The van der Waals surface area contributed by atoms with Gasteiger partial charge in [-0.2, -0.15) is 0 Å². The molecule has 3 nitrogen and oxygen atoms in total. The van der Waals surface area contributed by atoms with Gasteiger partial charge < -0.3 is 14.6 Å². The smallest absolute Gasteiger partial charge is 0.184 e. The van der Waals surface area contributed by atoms with Crippen molar-refractivity contribution < 1.29 is 14.6 Å². The van der Waals surface area contributed by atoms with Crippen molar-refractivity contribution >= 4 is 0 Å². The Morgan fingerprint density at radius 1 is 1.31 bits per heavy atom. The van der Waals surface area contributed by atoms with E-state index in [0.29, 0.717) is 19.6 Å². The summed E-state index contributed by atoms with van der Waals surface area (Å²) in [6.45, 7) is 1.39. The van der Waals surface area contributed by atoms with E-state index in [1.165, 1.54) is 0 Å². The first-order valence-corrected chi connectivity index (χ1v) is 5.33. The Morgan fingerprint density at radius 3 is 2.88 bits per heavy atom. The molecule has 84 valence electrons. The zero-order valence-electron chi connectivity index (χ0n) is 8.98. The number of benzene rings is 1. The number of hydrogen-bond acceptors (Lipinski definition) is 3. The molecule has 1 aromatic rings. The molecule has 1 aromatic carbocycles. The highest BCUT2D eigenvalue weighted by molar-refractivity contribution is 5.37. The van der Waals surface area contributed by atoms with Crippen molar-refractivity contribution in [1.29, 1.82) is 0 Å². The van der Waals surface area contributed by atoms with Gasteiger partial charge in [-0.05, 0) is 12.1 Å². The van der Waals surface area contributed by atoms with Gasteiger partial charge in [0.25, 0.3) is 0 Å². The Kier molecular flexibility index (Phi) is 3.95. The van der Waals surface area contributed by atoms with Gasteiger partial charge in [-0.15, -0.1) is 0 Å². The summed E-state index contributed by atoms with van der Waals surface area (Å²) < 4.78 is 10.8. The van der Waals surface area contributed by atoms with Gasteiger partial charge in [0.2, 0.25) is 0 Å². The van der Waals surface area contributed by atoms with E-state index in [1.807, 2.05) is 24.3 Å². The van der Waals surface area contributed by atoms with Crippen LogP contribution in [-0.2, 0) is 9.47 Å². The van der Waals surface area contributed by atoms with E-state index < -0.39 is 0 Å². The van der Waals surface area contributed by atoms with Crippen LogP contribution in [0.4, 0.5) is 0 Å². The topological polar surface area (TPSA) is 38.7 Å². The fraction of sp³-hybridized carbons (Fsp3) is 0.385. The van der Waals surface area contributed by atoms with E-state index in [-0.39, 0.29) is 12.9 Å². The monoisotopic (exact) mass is 218 g/mol. The zero-order valence-corrected chi connectivity index (χ0v) is 8.98. The first kappa shape index (κ1) is 11.2. The van der Waals surface area contributed by atoms with E-state index in [4.69, 9.17) is 14.6 Å². The van der Waals surface area contributed by atoms with Crippen LogP contribution in [-0.4, -0.2) is 24.9 Å². The molecule has 16 heavy (non-hydrogen) atoms. The summed E-state index contributed by atoms with van der Waals surface area (Å²) in [6.07, 6.45) is 0.250. The Bertz CT molecular complexity index is 397. The lowest BCUT2D eigenvalue weighted by atomic mass is 10.1. The summed E-state index contributed by atoms with van der Waals surface area (Å²) in [4.78, 5) is 0. The fourth-order valence-corrected chi connectivity index (χ4v) is 1.53. The van der Waals surface area contributed by atoms with Crippen LogP contribution >= 0.6 is 0 Å². The lowest BCUT2D eigenvalue weighted by Gasteiger charge is -2.08. The number of aliphatic hydroxyl groups is 1. The van der Waals surface area contributed by atoms with Gasteiger partial charge in [-0.25, -0.2) is 0 Å². The summed E-state index contributed by atoms with van der Waals surface area (Å²) in [6, 6.07) is 7.79. The molecule has 1 heterocycles. The normalized spacial score (nSPS) is 15.8. The molecule has 0 aliphatic carbocycles. The Labute approximate surface area is 95.0 Å². The van der Waals surface area contributed by atoms with Gasteiger partial charge in [-0.1, -0.05) is 24.0 Å². The minimum atomic E-state index is -0.250.